The molecule has 6 heteroatoms. The lowest BCUT2D eigenvalue weighted by Gasteiger charge is -2.28. The van der Waals surface area contributed by atoms with Gasteiger partial charge in [-0.25, -0.2) is 4.79 Å². The van der Waals surface area contributed by atoms with Crippen LogP contribution in [0.2, 0.25) is 0 Å². The molecule has 3 nitrogen and oxygen atoms in total. The summed E-state index contributed by atoms with van der Waals surface area (Å²) in [4.78, 5) is 13.2. The third-order valence-electron chi connectivity index (χ3n) is 3.56. The van der Waals surface area contributed by atoms with Crippen LogP contribution in [0.4, 0.5) is 18.0 Å². The Bertz CT molecular complexity index is 348. The van der Waals surface area contributed by atoms with Crippen LogP contribution in [0.3, 0.4) is 0 Å². The van der Waals surface area contributed by atoms with Crippen LogP contribution in [0.15, 0.2) is 0 Å². The first-order valence-electron chi connectivity index (χ1n) is 6.17. The molecule has 0 N–H and O–H groups in total. The second-order valence-electron chi connectivity index (χ2n) is 6.07. The Morgan fingerprint density at radius 3 is 2.28 bits per heavy atom. The summed E-state index contributed by atoms with van der Waals surface area (Å²) in [5.74, 6) is -1.39. The number of alkyl halides is 3. The number of carbonyl (C=O) groups excluding carboxylic acids is 1. The van der Waals surface area contributed by atoms with Crippen molar-refractivity contribution in [1.29, 1.82) is 0 Å². The highest BCUT2D eigenvalue weighted by Crippen LogP contribution is 2.48. The van der Waals surface area contributed by atoms with Gasteiger partial charge < -0.3 is 9.64 Å². The zero-order valence-electron chi connectivity index (χ0n) is 10.8. The van der Waals surface area contributed by atoms with Crippen LogP contribution in [0, 0.1) is 5.92 Å². The summed E-state index contributed by atoms with van der Waals surface area (Å²) in [5.41, 5.74) is -0.674. The van der Waals surface area contributed by atoms with E-state index >= 15 is 0 Å². The third kappa shape index (κ3) is 2.42. The summed E-state index contributed by atoms with van der Waals surface area (Å²) in [6.07, 6.45) is -3.74. The van der Waals surface area contributed by atoms with Crippen molar-refractivity contribution in [3.63, 3.8) is 0 Å². The average Bonchev–Trinajstić information content (AvgIpc) is 2.69. The highest BCUT2D eigenvalue weighted by atomic mass is 19.4. The van der Waals surface area contributed by atoms with E-state index in [4.69, 9.17) is 4.74 Å². The summed E-state index contributed by atoms with van der Waals surface area (Å²) < 4.78 is 43.6. The predicted octanol–water partition coefficient (Wildman–Crippen LogP) is 3.34. The van der Waals surface area contributed by atoms with Crippen molar-refractivity contribution in [3.8, 4) is 0 Å². The molecule has 0 aliphatic carbocycles. The molecule has 2 aliphatic rings. The van der Waals surface area contributed by atoms with E-state index in [1.54, 1.807) is 20.8 Å². The molecule has 2 aliphatic heterocycles. The van der Waals surface area contributed by atoms with Crippen LogP contribution in [-0.4, -0.2) is 34.9 Å². The number of hydrogen-bond donors (Lipinski definition) is 0. The molecule has 2 bridgehead atoms. The van der Waals surface area contributed by atoms with Gasteiger partial charge in [0.2, 0.25) is 0 Å². The molecule has 1 amide bonds. The molecular weight excluding hydrogens is 247 g/mol. The van der Waals surface area contributed by atoms with E-state index in [-0.39, 0.29) is 12.5 Å². The summed E-state index contributed by atoms with van der Waals surface area (Å²) >= 11 is 0. The van der Waals surface area contributed by atoms with Crippen LogP contribution in [-0.2, 0) is 4.74 Å². The van der Waals surface area contributed by atoms with Crippen molar-refractivity contribution in [1.82, 2.24) is 4.90 Å². The summed E-state index contributed by atoms with van der Waals surface area (Å²) in [6, 6.07) is -1.04. The molecule has 2 rings (SSSR count). The van der Waals surface area contributed by atoms with E-state index in [2.05, 4.69) is 0 Å². The number of fused-ring (bicyclic) bond motifs is 2. The van der Waals surface area contributed by atoms with Gasteiger partial charge in [-0.15, -0.1) is 0 Å². The molecule has 104 valence electrons. The minimum Gasteiger partial charge on any atom is -0.444 e. The quantitative estimate of drug-likeness (QED) is 0.672. The summed E-state index contributed by atoms with van der Waals surface area (Å²) in [7, 11) is 0. The molecule has 0 radical (unpaired) electrons. The number of nitrogens with zero attached hydrogens (tertiary/aromatic N) is 1. The van der Waals surface area contributed by atoms with Crippen molar-refractivity contribution in [2.75, 3.05) is 0 Å². The first-order valence-corrected chi connectivity index (χ1v) is 6.17. The zero-order chi connectivity index (χ0) is 13.7. The molecule has 0 aromatic rings. The van der Waals surface area contributed by atoms with Crippen LogP contribution in [0.25, 0.3) is 0 Å². The summed E-state index contributed by atoms with van der Waals surface area (Å²) in [5, 5.41) is 0. The lowest BCUT2D eigenvalue weighted by atomic mass is 9.89. The lowest BCUT2D eigenvalue weighted by Crippen LogP contribution is -2.42. The average molecular weight is 265 g/mol. The van der Waals surface area contributed by atoms with Crippen molar-refractivity contribution < 1.29 is 22.7 Å². The van der Waals surface area contributed by atoms with Gasteiger partial charge in [0.25, 0.3) is 0 Å². The molecule has 2 fully saturated rings. The molecule has 0 aromatic carbocycles. The maximum absolute atomic E-state index is 12.8. The van der Waals surface area contributed by atoms with Crippen molar-refractivity contribution in [3.05, 3.63) is 0 Å². The zero-order valence-corrected chi connectivity index (χ0v) is 10.8. The van der Waals surface area contributed by atoms with Gasteiger partial charge >= 0.3 is 12.3 Å². The van der Waals surface area contributed by atoms with Gasteiger partial charge in [0.1, 0.15) is 5.60 Å². The van der Waals surface area contributed by atoms with Crippen LogP contribution in [0.5, 0.6) is 0 Å². The molecule has 3 atom stereocenters. The molecule has 0 saturated carbocycles. The van der Waals surface area contributed by atoms with Crippen molar-refractivity contribution in [2.24, 2.45) is 5.92 Å². The predicted molar refractivity (Wildman–Crippen MR) is 59.0 cm³/mol. The maximum atomic E-state index is 12.8. The van der Waals surface area contributed by atoms with Gasteiger partial charge in [0.15, 0.2) is 0 Å². The smallest absolute Gasteiger partial charge is 0.410 e. The number of ether oxygens (including phenoxy) is 1. The van der Waals surface area contributed by atoms with Gasteiger partial charge in [-0.05, 0) is 40.0 Å². The fourth-order valence-corrected chi connectivity index (χ4v) is 2.94. The van der Waals surface area contributed by atoms with E-state index in [1.165, 1.54) is 4.90 Å². The van der Waals surface area contributed by atoms with Crippen molar-refractivity contribution >= 4 is 6.09 Å². The standard InChI is InChI=1S/C12H18F3NO2/c1-11(2,3)18-10(17)16-7-4-5-9(16)8(6-7)12(13,14)15/h7-9H,4-6H2,1-3H3/t7-,8+,9+/m1/s1. The number of hydrogen-bond acceptors (Lipinski definition) is 2. The highest BCUT2D eigenvalue weighted by molar-refractivity contribution is 5.70. The van der Waals surface area contributed by atoms with E-state index in [1.807, 2.05) is 0 Å². The van der Waals surface area contributed by atoms with E-state index in [0.29, 0.717) is 12.8 Å². The van der Waals surface area contributed by atoms with E-state index in [9.17, 15) is 18.0 Å². The van der Waals surface area contributed by atoms with Crippen molar-refractivity contribution in [2.45, 2.75) is 63.9 Å². The number of halogens is 3. The minimum absolute atomic E-state index is 0.0212. The SMILES string of the molecule is CC(C)(C)OC(=O)N1[C@@H]2CC[C@H]1[C@@H](C(F)(F)F)C2. The number of rotatable bonds is 0. The fourth-order valence-electron chi connectivity index (χ4n) is 2.94. The van der Waals surface area contributed by atoms with E-state index in [0.717, 1.165) is 0 Å². The van der Waals surface area contributed by atoms with Crippen LogP contribution >= 0.6 is 0 Å². The maximum Gasteiger partial charge on any atom is 0.410 e. The molecule has 18 heavy (non-hydrogen) atoms. The minimum atomic E-state index is -4.22. The second-order valence-corrected chi connectivity index (χ2v) is 6.07. The van der Waals surface area contributed by atoms with Gasteiger partial charge in [-0.1, -0.05) is 0 Å². The Morgan fingerprint density at radius 1 is 1.22 bits per heavy atom. The monoisotopic (exact) mass is 265 g/mol. The van der Waals surface area contributed by atoms with Crippen LogP contribution < -0.4 is 0 Å². The number of amides is 1. The fraction of sp³-hybridized carbons (Fsp3) is 0.917. The van der Waals surface area contributed by atoms with Gasteiger partial charge in [-0.2, -0.15) is 13.2 Å². The molecule has 2 heterocycles. The summed E-state index contributed by atoms with van der Waals surface area (Å²) in [6.45, 7) is 5.14. The Labute approximate surface area is 104 Å². The van der Waals surface area contributed by atoms with E-state index < -0.39 is 29.8 Å². The number of carbonyl (C=O) groups is 1. The Balaban J connectivity index is 2.10. The first kappa shape index (κ1) is 13.5. The lowest BCUT2D eigenvalue weighted by molar-refractivity contribution is -0.181. The molecule has 0 aromatic heterocycles. The Kier molecular flexibility index (Phi) is 3.02. The molecule has 0 unspecified atom stereocenters. The molecule has 2 saturated heterocycles. The first-order chi connectivity index (χ1) is 8.09. The van der Waals surface area contributed by atoms with Gasteiger partial charge in [0, 0.05) is 12.1 Å². The normalized spacial score (nSPS) is 31.9. The topological polar surface area (TPSA) is 29.5 Å². The Morgan fingerprint density at radius 2 is 1.83 bits per heavy atom. The Hall–Kier alpha value is -0.940. The molecular formula is C12H18F3NO2. The van der Waals surface area contributed by atoms with Gasteiger partial charge in [-0.3, -0.25) is 0 Å². The third-order valence-corrected chi connectivity index (χ3v) is 3.56. The van der Waals surface area contributed by atoms with Gasteiger partial charge in [0.05, 0.1) is 5.92 Å². The van der Waals surface area contributed by atoms with Crippen LogP contribution in [0.1, 0.15) is 40.0 Å². The highest BCUT2D eigenvalue weighted by Gasteiger charge is 2.58. The second kappa shape index (κ2) is 4.03. The largest absolute Gasteiger partial charge is 0.444 e. The molecule has 0 spiro atoms.